The lowest BCUT2D eigenvalue weighted by Crippen LogP contribution is -2.10. The zero-order valence-corrected chi connectivity index (χ0v) is 13.8. The van der Waals surface area contributed by atoms with Crippen molar-refractivity contribution in [3.8, 4) is 0 Å². The molecule has 2 heterocycles. The second kappa shape index (κ2) is 5.59. The molecule has 2 nitrogen and oxygen atoms in total. The van der Waals surface area contributed by atoms with Gasteiger partial charge >= 0.3 is 0 Å². The molecule has 0 aliphatic rings. The van der Waals surface area contributed by atoms with Crippen LogP contribution in [0.25, 0.3) is 11.0 Å². The second-order valence-corrected chi connectivity index (χ2v) is 6.94. The van der Waals surface area contributed by atoms with Crippen molar-refractivity contribution >= 4 is 45.6 Å². The Kier molecular flexibility index (Phi) is 3.95. The summed E-state index contributed by atoms with van der Waals surface area (Å²) in [6, 6.07) is 7.06. The third-order valence-corrected chi connectivity index (χ3v) is 4.98. The first-order valence-electron chi connectivity index (χ1n) is 6.53. The minimum absolute atomic E-state index is 0.0341. The van der Waals surface area contributed by atoms with Crippen LogP contribution in [-0.4, -0.2) is 9.55 Å². The van der Waals surface area contributed by atoms with Gasteiger partial charge in [0.2, 0.25) is 0 Å². The van der Waals surface area contributed by atoms with Crippen LogP contribution >= 0.6 is 34.5 Å². The van der Waals surface area contributed by atoms with E-state index in [4.69, 9.17) is 23.2 Å². The SMILES string of the molecule is CC(Cl)c1nc2cc(Cl)c(F)cc2n1C(C)c1cccs1. The van der Waals surface area contributed by atoms with Gasteiger partial charge in [-0.1, -0.05) is 17.7 Å². The number of hydrogen-bond acceptors (Lipinski definition) is 2. The largest absolute Gasteiger partial charge is 0.318 e. The van der Waals surface area contributed by atoms with Crippen LogP contribution in [0.3, 0.4) is 0 Å². The molecular formula is C15H13Cl2FN2S. The Morgan fingerprint density at radius 1 is 1.33 bits per heavy atom. The minimum Gasteiger partial charge on any atom is -0.318 e. The van der Waals surface area contributed by atoms with Gasteiger partial charge in [0.1, 0.15) is 11.6 Å². The average molecular weight is 343 g/mol. The van der Waals surface area contributed by atoms with Crippen molar-refractivity contribution in [2.75, 3.05) is 0 Å². The van der Waals surface area contributed by atoms with E-state index in [1.54, 1.807) is 17.4 Å². The van der Waals surface area contributed by atoms with Crippen LogP contribution in [-0.2, 0) is 0 Å². The van der Waals surface area contributed by atoms with Gasteiger partial charge in [0.15, 0.2) is 0 Å². The molecule has 3 rings (SSSR count). The van der Waals surface area contributed by atoms with Crippen LogP contribution < -0.4 is 0 Å². The van der Waals surface area contributed by atoms with Crippen molar-refractivity contribution in [3.05, 3.63) is 51.2 Å². The molecule has 0 saturated carbocycles. The quantitative estimate of drug-likeness (QED) is 0.550. The monoisotopic (exact) mass is 342 g/mol. The maximum atomic E-state index is 13.8. The fourth-order valence-electron chi connectivity index (χ4n) is 2.45. The van der Waals surface area contributed by atoms with Gasteiger partial charge in [-0.25, -0.2) is 9.37 Å². The highest BCUT2D eigenvalue weighted by Gasteiger charge is 2.21. The van der Waals surface area contributed by atoms with Crippen molar-refractivity contribution in [1.29, 1.82) is 0 Å². The Bertz CT molecular complexity index is 781. The number of aromatic nitrogens is 2. The van der Waals surface area contributed by atoms with Crippen LogP contribution in [0.4, 0.5) is 4.39 Å². The topological polar surface area (TPSA) is 17.8 Å². The number of rotatable bonds is 3. The van der Waals surface area contributed by atoms with E-state index >= 15 is 0 Å². The number of imidazole rings is 1. The van der Waals surface area contributed by atoms with Crippen molar-refractivity contribution < 1.29 is 4.39 Å². The van der Waals surface area contributed by atoms with Crippen LogP contribution in [0.1, 0.15) is 36.0 Å². The smallest absolute Gasteiger partial charge is 0.144 e. The predicted molar refractivity (Wildman–Crippen MR) is 87.1 cm³/mol. The fourth-order valence-corrected chi connectivity index (χ4v) is 3.54. The first kappa shape index (κ1) is 14.8. The van der Waals surface area contributed by atoms with E-state index in [0.717, 1.165) is 0 Å². The van der Waals surface area contributed by atoms with E-state index < -0.39 is 5.82 Å². The lowest BCUT2D eigenvalue weighted by atomic mass is 10.2. The molecule has 110 valence electrons. The van der Waals surface area contributed by atoms with E-state index in [1.807, 2.05) is 22.9 Å². The maximum Gasteiger partial charge on any atom is 0.144 e. The highest BCUT2D eigenvalue weighted by Crippen LogP contribution is 2.34. The van der Waals surface area contributed by atoms with Gasteiger partial charge in [0, 0.05) is 10.9 Å². The van der Waals surface area contributed by atoms with Crippen molar-refractivity contribution in [1.82, 2.24) is 9.55 Å². The molecule has 0 spiro atoms. The number of fused-ring (bicyclic) bond motifs is 1. The van der Waals surface area contributed by atoms with Crippen molar-refractivity contribution in [2.45, 2.75) is 25.3 Å². The first-order chi connectivity index (χ1) is 9.99. The van der Waals surface area contributed by atoms with Crippen LogP contribution in [0.15, 0.2) is 29.6 Å². The minimum atomic E-state index is -0.447. The summed E-state index contributed by atoms with van der Waals surface area (Å²) in [5.41, 5.74) is 1.37. The molecule has 3 aromatic rings. The summed E-state index contributed by atoms with van der Waals surface area (Å²) in [4.78, 5) is 5.70. The van der Waals surface area contributed by atoms with Gasteiger partial charge in [-0.2, -0.15) is 0 Å². The Labute approximate surface area is 136 Å². The number of nitrogens with zero attached hydrogens (tertiary/aromatic N) is 2. The molecule has 0 radical (unpaired) electrons. The van der Waals surface area contributed by atoms with Crippen LogP contribution in [0.5, 0.6) is 0 Å². The van der Waals surface area contributed by atoms with Crippen LogP contribution in [0, 0.1) is 5.82 Å². The fraction of sp³-hybridized carbons (Fsp3) is 0.267. The molecule has 21 heavy (non-hydrogen) atoms. The average Bonchev–Trinajstić information content (AvgIpc) is 3.06. The molecule has 2 unspecified atom stereocenters. The van der Waals surface area contributed by atoms with E-state index in [1.165, 1.54) is 10.9 Å². The third-order valence-electron chi connectivity index (χ3n) is 3.46. The Morgan fingerprint density at radius 3 is 2.71 bits per heavy atom. The third kappa shape index (κ3) is 2.56. The summed E-state index contributed by atoms with van der Waals surface area (Å²) in [6.07, 6.45) is 0. The van der Waals surface area contributed by atoms with Gasteiger partial charge < -0.3 is 4.57 Å². The van der Waals surface area contributed by atoms with Gasteiger partial charge in [-0.05, 0) is 31.4 Å². The molecular weight excluding hydrogens is 330 g/mol. The first-order valence-corrected chi connectivity index (χ1v) is 8.22. The second-order valence-electron chi connectivity index (χ2n) is 4.90. The van der Waals surface area contributed by atoms with Gasteiger partial charge in [0.05, 0.1) is 27.5 Å². The lowest BCUT2D eigenvalue weighted by Gasteiger charge is -2.17. The molecule has 2 aromatic heterocycles. The summed E-state index contributed by atoms with van der Waals surface area (Å²) in [5, 5.41) is 1.82. The van der Waals surface area contributed by atoms with E-state index in [9.17, 15) is 4.39 Å². The molecule has 1 aromatic carbocycles. The molecule has 0 amide bonds. The molecule has 0 aliphatic heterocycles. The maximum absolute atomic E-state index is 13.8. The number of hydrogen-bond donors (Lipinski definition) is 0. The number of benzene rings is 1. The number of halogens is 3. The van der Waals surface area contributed by atoms with Crippen molar-refractivity contribution in [3.63, 3.8) is 0 Å². The molecule has 0 bridgehead atoms. The van der Waals surface area contributed by atoms with Crippen LogP contribution in [0.2, 0.25) is 5.02 Å². The highest BCUT2D eigenvalue weighted by atomic mass is 35.5. The Morgan fingerprint density at radius 2 is 2.10 bits per heavy atom. The number of alkyl halides is 1. The van der Waals surface area contributed by atoms with Gasteiger partial charge in [-0.15, -0.1) is 22.9 Å². The summed E-state index contributed by atoms with van der Waals surface area (Å²) in [6.45, 7) is 3.92. The lowest BCUT2D eigenvalue weighted by molar-refractivity contribution is 0.615. The summed E-state index contributed by atoms with van der Waals surface area (Å²) < 4.78 is 15.8. The molecule has 2 atom stereocenters. The Balaban J connectivity index is 2.27. The molecule has 0 N–H and O–H groups in total. The molecule has 6 heteroatoms. The predicted octanol–water partition coefficient (Wildman–Crippen LogP) is 5.80. The van der Waals surface area contributed by atoms with Crippen molar-refractivity contribution in [2.24, 2.45) is 0 Å². The van der Waals surface area contributed by atoms with Gasteiger partial charge in [-0.3, -0.25) is 0 Å². The zero-order chi connectivity index (χ0) is 15.1. The van der Waals surface area contributed by atoms with E-state index in [-0.39, 0.29) is 16.4 Å². The van der Waals surface area contributed by atoms with E-state index in [0.29, 0.717) is 16.9 Å². The summed E-state index contributed by atoms with van der Waals surface area (Å²) >= 11 is 13.8. The molecule has 0 fully saturated rings. The highest BCUT2D eigenvalue weighted by molar-refractivity contribution is 7.10. The zero-order valence-electron chi connectivity index (χ0n) is 11.5. The molecule has 0 saturated heterocycles. The standard InChI is InChI=1S/C15H13Cl2FN2S/c1-8(16)15-19-12-6-10(17)11(18)7-13(12)20(15)9(2)14-4-3-5-21-14/h3-9H,1-2H3. The number of thiophene rings is 1. The molecule has 0 aliphatic carbocycles. The normalized spacial score (nSPS) is 14.5. The van der Waals surface area contributed by atoms with E-state index in [2.05, 4.69) is 18.0 Å². The van der Waals surface area contributed by atoms with Gasteiger partial charge in [0.25, 0.3) is 0 Å². The summed E-state index contributed by atoms with van der Waals surface area (Å²) in [5.74, 6) is 0.270. The Hall–Kier alpha value is -1.10. The summed E-state index contributed by atoms with van der Waals surface area (Å²) in [7, 11) is 0.